The van der Waals surface area contributed by atoms with Gasteiger partial charge in [0.1, 0.15) is 0 Å². The molecule has 3 aromatic rings. The lowest BCUT2D eigenvalue weighted by atomic mass is 9.83. The number of carbonyl (C=O) groups is 4. The number of rotatable bonds is 28. The lowest BCUT2D eigenvalue weighted by molar-refractivity contribution is -0.120. The van der Waals surface area contributed by atoms with Crippen LogP contribution in [0.1, 0.15) is 154 Å². The van der Waals surface area contributed by atoms with Gasteiger partial charge in [0.05, 0.1) is 17.9 Å². The number of Topliss-reactive ketones (excluding diaryl/α,β-unsaturated/α-hetero) is 4. The van der Waals surface area contributed by atoms with Gasteiger partial charge in [-0.05, 0) is 89.3 Å². The molecular formula is C51H75N7O4S2. The van der Waals surface area contributed by atoms with Gasteiger partial charge in [-0.2, -0.15) is 0 Å². The molecule has 0 amide bonds. The molecule has 12 N–H and O–H groups in total. The topological polar surface area (TPSA) is 246 Å². The first-order chi connectivity index (χ1) is 30.0. The number of hydrogen-bond acceptors (Lipinski definition) is 12. The van der Waals surface area contributed by atoms with E-state index in [9.17, 15) is 19.2 Å². The Hall–Kier alpha value is -3.98. The number of nitrogens with one attached hydrogen (secondary N) is 2. The maximum absolute atomic E-state index is 14.3. The van der Waals surface area contributed by atoms with Gasteiger partial charge in [0, 0.05) is 83.3 Å². The summed E-state index contributed by atoms with van der Waals surface area (Å²) in [6.07, 6.45) is 5.55. The van der Waals surface area contributed by atoms with Gasteiger partial charge in [-0.1, -0.05) is 96.8 Å². The van der Waals surface area contributed by atoms with Crippen LogP contribution >= 0.6 is 23.5 Å². The number of thioether (sulfide) groups is 2. The Morgan fingerprint density at radius 3 is 1.31 bits per heavy atom. The Bertz CT molecular complexity index is 1980. The zero-order chi connectivity index (χ0) is 47.8. The van der Waals surface area contributed by atoms with E-state index in [2.05, 4.69) is 65.8 Å². The van der Waals surface area contributed by atoms with Gasteiger partial charge in [0.25, 0.3) is 0 Å². The molecule has 0 fully saturated rings. The summed E-state index contributed by atoms with van der Waals surface area (Å²) in [5, 5.41) is 15.2. The van der Waals surface area contributed by atoms with Gasteiger partial charge < -0.3 is 34.1 Å². The van der Waals surface area contributed by atoms with Crippen molar-refractivity contribution in [3.63, 3.8) is 0 Å². The summed E-state index contributed by atoms with van der Waals surface area (Å²) in [7, 11) is 0. The molecule has 0 aliphatic heterocycles. The molecule has 11 nitrogen and oxygen atoms in total. The molecule has 0 spiro atoms. The summed E-state index contributed by atoms with van der Waals surface area (Å²) in [6, 6.07) is 13.8. The first kappa shape index (κ1) is 54.4. The molecular weight excluding hydrogens is 839 g/mol. The Morgan fingerprint density at radius 2 is 0.969 bits per heavy atom. The maximum atomic E-state index is 14.3. The van der Waals surface area contributed by atoms with Crippen molar-refractivity contribution in [1.29, 1.82) is 10.8 Å². The van der Waals surface area contributed by atoms with Crippen LogP contribution in [-0.2, 0) is 46.1 Å². The van der Waals surface area contributed by atoms with E-state index in [1.54, 1.807) is 43.0 Å². The molecule has 3 aromatic carbocycles. The number of nitrogens with two attached hydrogens (primary N) is 5. The summed E-state index contributed by atoms with van der Waals surface area (Å²) >= 11 is 3.07. The summed E-state index contributed by atoms with van der Waals surface area (Å²) in [4.78, 5) is 57.4. The summed E-state index contributed by atoms with van der Waals surface area (Å²) in [6.45, 7) is 15.2. The highest BCUT2D eigenvalue weighted by Crippen LogP contribution is 2.36. The lowest BCUT2D eigenvalue weighted by Gasteiger charge is -2.24. The number of ketones is 4. The number of benzene rings is 3. The molecule has 0 radical (unpaired) electrons. The Balaban J connectivity index is 1.98. The zero-order valence-electron chi connectivity index (χ0n) is 39.4. The first-order valence-corrected chi connectivity index (χ1v) is 24.6. The van der Waals surface area contributed by atoms with E-state index in [1.807, 2.05) is 0 Å². The standard InChI is InChI=1S/C51H75N7O4S2/c1-32(54)13-8-9-16-41(55)45(61)30-37-26-39(50(2,3)4)24-35(48(37)63-21-19-52)28-43(59)33-14-12-15-34(23-33)44(60)29-36-25-40(51(5,6)7)27-38(49(36)64-22-20-53)31-46(62)42(56)17-10-11-18-47(57)58/h12,14-15,23-27,41-42,54H,8-11,13,16-22,28-31,52-53,55-56H2,1-7H3,(H3,57,58). The van der Waals surface area contributed by atoms with Crippen molar-refractivity contribution < 1.29 is 19.2 Å². The molecule has 0 aromatic heterocycles. The fourth-order valence-corrected chi connectivity index (χ4v) is 9.31. The van der Waals surface area contributed by atoms with Crippen LogP contribution in [0, 0.1) is 10.8 Å². The minimum atomic E-state index is -0.662. The minimum Gasteiger partial charge on any atom is -0.388 e. The SMILES string of the molecule is CC(=N)CCCCC(N)C(=O)Cc1cc(C(C)(C)C)cc(CC(=O)c2cccc(C(=O)Cc3cc(C(C)(C)C)cc(CC(=O)C(N)CCCCC(=N)N)c3SCCN)c2)c1SCCN. The lowest BCUT2D eigenvalue weighted by Crippen LogP contribution is -2.32. The van der Waals surface area contributed by atoms with Crippen molar-refractivity contribution in [2.45, 2.75) is 158 Å². The summed E-state index contributed by atoms with van der Waals surface area (Å²) in [5.74, 6) is 0.847. The number of carbonyl (C=O) groups excluding carboxylic acids is 4. The van der Waals surface area contributed by atoms with Crippen molar-refractivity contribution in [2.24, 2.45) is 28.7 Å². The van der Waals surface area contributed by atoms with Crippen molar-refractivity contribution in [3.8, 4) is 0 Å². The molecule has 0 aliphatic carbocycles. The van der Waals surface area contributed by atoms with E-state index in [0.717, 1.165) is 56.0 Å². The van der Waals surface area contributed by atoms with Gasteiger partial charge >= 0.3 is 0 Å². The van der Waals surface area contributed by atoms with E-state index in [-0.39, 0.29) is 65.5 Å². The highest BCUT2D eigenvalue weighted by Gasteiger charge is 2.26. The van der Waals surface area contributed by atoms with E-state index in [0.29, 0.717) is 80.0 Å². The van der Waals surface area contributed by atoms with Gasteiger partial charge in [0.2, 0.25) is 0 Å². The van der Waals surface area contributed by atoms with Crippen molar-refractivity contribution in [2.75, 3.05) is 24.6 Å². The summed E-state index contributed by atoms with van der Waals surface area (Å²) < 4.78 is 0. The summed E-state index contributed by atoms with van der Waals surface area (Å²) in [5.41, 5.74) is 36.4. The van der Waals surface area contributed by atoms with Crippen LogP contribution in [0.4, 0.5) is 0 Å². The maximum Gasteiger partial charge on any atom is 0.167 e. The molecule has 13 heteroatoms. The monoisotopic (exact) mass is 914 g/mol. The molecule has 0 bridgehead atoms. The number of unbranched alkanes of at least 4 members (excludes halogenated alkanes) is 2. The predicted octanol–water partition coefficient (Wildman–Crippen LogP) is 8.21. The normalized spacial score (nSPS) is 12.8. The quantitative estimate of drug-likeness (QED) is 0.0120. The average Bonchev–Trinajstić information content (AvgIpc) is 3.22. The van der Waals surface area contributed by atoms with Crippen LogP contribution < -0.4 is 28.7 Å². The van der Waals surface area contributed by atoms with Crippen LogP contribution in [0.25, 0.3) is 0 Å². The van der Waals surface area contributed by atoms with Crippen LogP contribution in [0.2, 0.25) is 0 Å². The van der Waals surface area contributed by atoms with Crippen molar-refractivity contribution >= 4 is 58.2 Å². The number of hydrogen-bond donors (Lipinski definition) is 7. The fraction of sp³-hybridized carbons (Fsp3) is 0.529. The van der Waals surface area contributed by atoms with Gasteiger partial charge in [0.15, 0.2) is 23.1 Å². The third-order valence-corrected chi connectivity index (χ3v) is 13.7. The van der Waals surface area contributed by atoms with Crippen LogP contribution in [0.15, 0.2) is 58.3 Å². The van der Waals surface area contributed by atoms with E-state index in [4.69, 9.17) is 39.5 Å². The first-order valence-electron chi connectivity index (χ1n) is 22.6. The highest BCUT2D eigenvalue weighted by molar-refractivity contribution is 7.99. The molecule has 350 valence electrons. The Morgan fingerprint density at radius 1 is 0.594 bits per heavy atom. The zero-order valence-corrected chi connectivity index (χ0v) is 41.1. The third kappa shape index (κ3) is 17.4. The van der Waals surface area contributed by atoms with Gasteiger partial charge in [-0.15, -0.1) is 23.5 Å². The van der Waals surface area contributed by atoms with Crippen molar-refractivity contribution in [3.05, 3.63) is 93.0 Å². The minimum absolute atomic E-state index is 0.0576. The second kappa shape index (κ2) is 25.6. The van der Waals surface area contributed by atoms with Crippen LogP contribution in [0.5, 0.6) is 0 Å². The predicted molar refractivity (Wildman–Crippen MR) is 268 cm³/mol. The second-order valence-electron chi connectivity index (χ2n) is 19.1. The van der Waals surface area contributed by atoms with E-state index >= 15 is 0 Å². The average molecular weight is 914 g/mol. The highest BCUT2D eigenvalue weighted by atomic mass is 32.2. The molecule has 64 heavy (non-hydrogen) atoms. The molecule has 3 rings (SSSR count). The largest absolute Gasteiger partial charge is 0.388 e. The fourth-order valence-electron chi connectivity index (χ4n) is 7.40. The van der Waals surface area contributed by atoms with E-state index in [1.165, 1.54) is 11.8 Å². The van der Waals surface area contributed by atoms with Gasteiger partial charge in [-0.3, -0.25) is 24.6 Å². The Kier molecular flexibility index (Phi) is 21.8. The molecule has 2 atom stereocenters. The van der Waals surface area contributed by atoms with Crippen molar-refractivity contribution in [1.82, 2.24) is 0 Å². The van der Waals surface area contributed by atoms with Gasteiger partial charge in [-0.25, -0.2) is 0 Å². The molecule has 2 unspecified atom stereocenters. The van der Waals surface area contributed by atoms with Crippen LogP contribution in [-0.4, -0.2) is 71.4 Å². The second-order valence-corrected chi connectivity index (χ2v) is 21.3. The van der Waals surface area contributed by atoms with E-state index < -0.39 is 12.1 Å². The molecule has 0 aliphatic rings. The molecule has 0 saturated carbocycles. The number of amidine groups is 1. The molecule has 0 saturated heterocycles. The third-order valence-electron chi connectivity index (χ3n) is 11.2. The van der Waals surface area contributed by atoms with Crippen LogP contribution in [0.3, 0.4) is 0 Å². The Labute approximate surface area is 391 Å². The smallest absolute Gasteiger partial charge is 0.167 e. The molecule has 0 heterocycles.